The quantitative estimate of drug-likeness (QED) is 0.302. The standard InChI is InChI=1S/C28H27N3O2S/c32-23-8-3-7-20(15-23)26-16-22(21-12-14-34-18-21)17-27(30-26)29-13-11-28(33)31-25-10-4-6-19-5-1-2-9-24(19)25/h1-3,5,7-9,12,14-18,25,32H,4,6,10-11,13H2,(H,29,30)(H,31,33). The molecule has 2 aromatic carbocycles. The number of thiophene rings is 1. The van der Waals surface area contributed by atoms with Crippen LogP contribution in [-0.2, 0) is 11.2 Å². The molecule has 1 aliphatic carbocycles. The minimum Gasteiger partial charge on any atom is -0.508 e. The molecule has 0 aliphatic heterocycles. The molecule has 0 saturated carbocycles. The molecule has 3 N–H and O–H groups in total. The second-order valence-corrected chi connectivity index (χ2v) is 9.36. The van der Waals surface area contributed by atoms with Gasteiger partial charge in [0.25, 0.3) is 0 Å². The molecule has 34 heavy (non-hydrogen) atoms. The molecule has 2 heterocycles. The molecule has 4 aromatic rings. The Balaban J connectivity index is 1.27. The molecule has 0 radical (unpaired) electrons. The molecule has 1 atom stereocenters. The van der Waals surface area contributed by atoms with E-state index < -0.39 is 0 Å². The lowest BCUT2D eigenvalue weighted by atomic mass is 9.88. The van der Waals surface area contributed by atoms with Crippen LogP contribution < -0.4 is 10.6 Å². The highest BCUT2D eigenvalue weighted by Crippen LogP contribution is 2.31. The van der Waals surface area contributed by atoms with Crippen LogP contribution in [0.5, 0.6) is 5.75 Å². The lowest BCUT2D eigenvalue weighted by molar-refractivity contribution is -0.121. The number of fused-ring (bicyclic) bond motifs is 1. The molecule has 172 valence electrons. The molecule has 1 unspecified atom stereocenters. The Kier molecular flexibility index (Phi) is 6.58. The van der Waals surface area contributed by atoms with E-state index in [0.29, 0.717) is 18.8 Å². The number of aryl methyl sites for hydroxylation is 1. The van der Waals surface area contributed by atoms with Gasteiger partial charge in [0.2, 0.25) is 5.91 Å². The predicted octanol–water partition coefficient (Wildman–Crippen LogP) is 6.18. The molecular weight excluding hydrogens is 442 g/mol. The number of anilines is 1. The number of nitrogens with zero attached hydrogens (tertiary/aromatic N) is 1. The number of aromatic hydroxyl groups is 1. The van der Waals surface area contributed by atoms with Crippen molar-refractivity contribution in [2.24, 2.45) is 0 Å². The maximum absolute atomic E-state index is 12.7. The zero-order chi connectivity index (χ0) is 23.3. The predicted molar refractivity (Wildman–Crippen MR) is 138 cm³/mol. The Hall–Kier alpha value is -3.64. The van der Waals surface area contributed by atoms with Crippen molar-refractivity contribution in [1.82, 2.24) is 10.3 Å². The van der Waals surface area contributed by atoms with Gasteiger partial charge in [-0.1, -0.05) is 36.4 Å². The van der Waals surface area contributed by atoms with Crippen molar-refractivity contribution in [1.29, 1.82) is 0 Å². The van der Waals surface area contributed by atoms with Gasteiger partial charge in [0, 0.05) is 18.5 Å². The van der Waals surface area contributed by atoms with Gasteiger partial charge in [0.1, 0.15) is 11.6 Å². The van der Waals surface area contributed by atoms with Crippen molar-refractivity contribution < 1.29 is 9.90 Å². The molecule has 0 bridgehead atoms. The van der Waals surface area contributed by atoms with E-state index in [1.807, 2.05) is 35.7 Å². The summed E-state index contributed by atoms with van der Waals surface area (Å²) in [6, 6.07) is 21.7. The highest BCUT2D eigenvalue weighted by molar-refractivity contribution is 7.08. The monoisotopic (exact) mass is 469 g/mol. The minimum absolute atomic E-state index is 0.0383. The number of phenols is 1. The van der Waals surface area contributed by atoms with Crippen LogP contribution in [0, 0.1) is 0 Å². The van der Waals surface area contributed by atoms with Crippen LogP contribution in [0.25, 0.3) is 22.4 Å². The Morgan fingerprint density at radius 1 is 1.03 bits per heavy atom. The van der Waals surface area contributed by atoms with Gasteiger partial charge < -0.3 is 15.7 Å². The van der Waals surface area contributed by atoms with Gasteiger partial charge in [-0.15, -0.1) is 0 Å². The average Bonchev–Trinajstić information content (AvgIpc) is 3.39. The Labute approximate surface area is 203 Å². The molecule has 5 rings (SSSR count). The Morgan fingerprint density at radius 2 is 1.94 bits per heavy atom. The molecule has 0 spiro atoms. The van der Waals surface area contributed by atoms with Gasteiger partial charge in [0.15, 0.2) is 0 Å². The number of nitrogens with one attached hydrogen (secondary N) is 2. The number of phenolic OH excluding ortho intramolecular Hbond substituents is 1. The van der Waals surface area contributed by atoms with E-state index >= 15 is 0 Å². The van der Waals surface area contributed by atoms with Crippen LogP contribution in [0.3, 0.4) is 0 Å². The SMILES string of the molecule is O=C(CCNc1cc(-c2ccsc2)cc(-c2cccc(O)c2)n1)NC1CCCc2ccccc21. The number of hydrogen-bond acceptors (Lipinski definition) is 5. The van der Waals surface area contributed by atoms with Gasteiger partial charge in [-0.05, 0) is 82.6 Å². The van der Waals surface area contributed by atoms with Crippen LogP contribution in [0.2, 0.25) is 0 Å². The topological polar surface area (TPSA) is 74.2 Å². The molecule has 1 aliphatic rings. The normalized spacial score (nSPS) is 14.9. The van der Waals surface area contributed by atoms with Crippen LogP contribution in [0.15, 0.2) is 77.5 Å². The first-order valence-corrected chi connectivity index (χ1v) is 12.5. The number of hydrogen-bond donors (Lipinski definition) is 3. The number of aromatic nitrogens is 1. The minimum atomic E-state index is 0.0383. The van der Waals surface area contributed by atoms with E-state index in [1.165, 1.54) is 11.1 Å². The number of carbonyl (C=O) groups excluding carboxylic acids is 1. The second-order valence-electron chi connectivity index (χ2n) is 8.58. The molecule has 0 saturated heterocycles. The number of amides is 1. The van der Waals surface area contributed by atoms with E-state index in [1.54, 1.807) is 23.5 Å². The first-order valence-electron chi connectivity index (χ1n) is 11.6. The van der Waals surface area contributed by atoms with Gasteiger partial charge in [0.05, 0.1) is 11.7 Å². The Morgan fingerprint density at radius 3 is 2.79 bits per heavy atom. The highest BCUT2D eigenvalue weighted by Gasteiger charge is 2.21. The summed E-state index contributed by atoms with van der Waals surface area (Å²) in [5, 5.41) is 20.6. The summed E-state index contributed by atoms with van der Waals surface area (Å²) in [5.41, 5.74) is 6.35. The molecule has 5 nitrogen and oxygen atoms in total. The summed E-state index contributed by atoms with van der Waals surface area (Å²) in [5.74, 6) is 0.949. The second kappa shape index (κ2) is 10.1. The van der Waals surface area contributed by atoms with E-state index in [-0.39, 0.29) is 17.7 Å². The van der Waals surface area contributed by atoms with Gasteiger partial charge in [-0.3, -0.25) is 4.79 Å². The third-order valence-corrected chi connectivity index (χ3v) is 6.87. The summed E-state index contributed by atoms with van der Waals surface area (Å²) < 4.78 is 0. The molecular formula is C28H27N3O2S. The fraction of sp³-hybridized carbons (Fsp3) is 0.214. The lowest BCUT2D eigenvalue weighted by Crippen LogP contribution is -2.32. The fourth-order valence-corrected chi connectivity index (χ4v) is 5.17. The number of pyridine rings is 1. The molecule has 1 amide bonds. The summed E-state index contributed by atoms with van der Waals surface area (Å²) >= 11 is 1.64. The third kappa shape index (κ3) is 5.13. The largest absolute Gasteiger partial charge is 0.508 e. The zero-order valence-electron chi connectivity index (χ0n) is 18.8. The van der Waals surface area contributed by atoms with E-state index in [2.05, 4.69) is 40.3 Å². The maximum Gasteiger partial charge on any atom is 0.222 e. The van der Waals surface area contributed by atoms with Gasteiger partial charge in [-0.2, -0.15) is 11.3 Å². The van der Waals surface area contributed by atoms with Crippen molar-refractivity contribution in [3.63, 3.8) is 0 Å². The first kappa shape index (κ1) is 22.2. The summed E-state index contributed by atoms with van der Waals surface area (Å²) in [4.78, 5) is 17.4. The van der Waals surface area contributed by atoms with Gasteiger partial charge >= 0.3 is 0 Å². The van der Waals surface area contributed by atoms with Crippen molar-refractivity contribution in [3.05, 3.63) is 88.6 Å². The molecule has 6 heteroatoms. The van der Waals surface area contributed by atoms with E-state index in [0.717, 1.165) is 41.6 Å². The summed E-state index contributed by atoms with van der Waals surface area (Å²) in [7, 11) is 0. The fourth-order valence-electron chi connectivity index (χ4n) is 4.50. The van der Waals surface area contributed by atoms with Gasteiger partial charge in [-0.25, -0.2) is 4.98 Å². The van der Waals surface area contributed by atoms with Crippen LogP contribution in [-0.4, -0.2) is 22.5 Å². The van der Waals surface area contributed by atoms with Crippen molar-refractivity contribution in [2.75, 3.05) is 11.9 Å². The number of carbonyl (C=O) groups is 1. The Bertz CT molecular complexity index is 1290. The van der Waals surface area contributed by atoms with E-state index in [4.69, 9.17) is 4.98 Å². The molecule has 0 fully saturated rings. The van der Waals surface area contributed by atoms with Crippen molar-refractivity contribution in [3.8, 4) is 28.1 Å². The zero-order valence-corrected chi connectivity index (χ0v) is 19.6. The first-order chi connectivity index (χ1) is 16.7. The number of benzene rings is 2. The smallest absolute Gasteiger partial charge is 0.222 e. The summed E-state index contributed by atoms with van der Waals surface area (Å²) in [6.45, 7) is 0.486. The van der Waals surface area contributed by atoms with Crippen LogP contribution in [0.1, 0.15) is 36.4 Å². The maximum atomic E-state index is 12.7. The summed E-state index contributed by atoms with van der Waals surface area (Å²) in [6.07, 6.45) is 3.52. The van der Waals surface area contributed by atoms with Crippen LogP contribution in [0.4, 0.5) is 5.82 Å². The van der Waals surface area contributed by atoms with Crippen molar-refractivity contribution >= 4 is 23.1 Å². The number of rotatable bonds is 7. The van der Waals surface area contributed by atoms with E-state index in [9.17, 15) is 9.90 Å². The van der Waals surface area contributed by atoms with Crippen LogP contribution >= 0.6 is 11.3 Å². The molecule has 2 aromatic heterocycles. The van der Waals surface area contributed by atoms with Crippen molar-refractivity contribution in [2.45, 2.75) is 31.7 Å². The lowest BCUT2D eigenvalue weighted by Gasteiger charge is -2.26. The average molecular weight is 470 g/mol. The highest BCUT2D eigenvalue weighted by atomic mass is 32.1. The third-order valence-electron chi connectivity index (χ3n) is 6.18.